The highest BCUT2D eigenvalue weighted by Crippen LogP contribution is 2.31. The molecule has 0 radical (unpaired) electrons. The highest BCUT2D eigenvalue weighted by atomic mass is 16.5. The number of nitrogens with zero attached hydrogens (tertiary/aromatic N) is 4. The van der Waals surface area contributed by atoms with Crippen molar-refractivity contribution in [2.75, 3.05) is 11.4 Å². The summed E-state index contributed by atoms with van der Waals surface area (Å²) in [6.07, 6.45) is 8.59. The largest absolute Gasteiger partial charge is 0.490 e. The van der Waals surface area contributed by atoms with Crippen LogP contribution in [0.5, 0.6) is 5.75 Å². The molecule has 0 atom stereocenters. The fourth-order valence-corrected chi connectivity index (χ4v) is 5.73. The van der Waals surface area contributed by atoms with Gasteiger partial charge in [0.2, 0.25) is 5.91 Å². The van der Waals surface area contributed by atoms with Crippen LogP contribution in [0.15, 0.2) is 48.7 Å². The standard InChI is InChI=1S/C29H33N5O3/c1-32-27(34-14-13-26(35)31-29(34)36)16-30-28(32)21-9-10-22-18-33(19-23(22)15-21)17-20-7-11-25(12-8-20)37-24-5-3-2-4-6-24/h7-12,15-16,24H,2-6,13-14,17-19H2,1H3,(H,31,35,36). The maximum absolute atomic E-state index is 12.3. The van der Waals surface area contributed by atoms with Crippen molar-refractivity contribution in [1.82, 2.24) is 19.8 Å². The molecule has 1 aromatic heterocycles. The Hall–Kier alpha value is -3.65. The van der Waals surface area contributed by atoms with Crippen molar-refractivity contribution in [2.24, 2.45) is 7.05 Å². The predicted octanol–water partition coefficient (Wildman–Crippen LogP) is 4.76. The Bertz CT molecular complexity index is 1310. The van der Waals surface area contributed by atoms with Crippen molar-refractivity contribution in [2.45, 2.75) is 64.3 Å². The lowest BCUT2D eigenvalue weighted by Gasteiger charge is -2.26. The van der Waals surface area contributed by atoms with E-state index in [9.17, 15) is 9.59 Å². The zero-order valence-corrected chi connectivity index (χ0v) is 21.3. The molecule has 192 valence electrons. The summed E-state index contributed by atoms with van der Waals surface area (Å²) in [6.45, 7) is 3.06. The molecule has 2 fully saturated rings. The first-order valence-electron chi connectivity index (χ1n) is 13.3. The molecule has 2 aliphatic heterocycles. The Labute approximate surface area is 217 Å². The summed E-state index contributed by atoms with van der Waals surface area (Å²) in [5, 5.41) is 2.38. The van der Waals surface area contributed by atoms with Crippen molar-refractivity contribution in [3.63, 3.8) is 0 Å². The van der Waals surface area contributed by atoms with Gasteiger partial charge in [-0.25, -0.2) is 9.78 Å². The van der Waals surface area contributed by atoms with Crippen LogP contribution in [0.25, 0.3) is 11.4 Å². The fraction of sp³-hybridized carbons (Fsp3) is 0.414. The van der Waals surface area contributed by atoms with Gasteiger partial charge in [-0.05, 0) is 60.6 Å². The van der Waals surface area contributed by atoms with Crippen LogP contribution in [0.4, 0.5) is 10.6 Å². The van der Waals surface area contributed by atoms with Gasteiger partial charge in [0.15, 0.2) is 0 Å². The molecule has 3 amide bonds. The van der Waals surface area contributed by atoms with E-state index in [1.54, 1.807) is 11.1 Å². The van der Waals surface area contributed by atoms with Crippen LogP contribution in [0.2, 0.25) is 0 Å². The van der Waals surface area contributed by atoms with E-state index in [1.165, 1.54) is 48.8 Å². The second-order valence-corrected chi connectivity index (χ2v) is 10.4. The van der Waals surface area contributed by atoms with E-state index in [4.69, 9.17) is 4.74 Å². The monoisotopic (exact) mass is 499 g/mol. The Kier molecular flexibility index (Phi) is 6.42. The van der Waals surface area contributed by atoms with Gasteiger partial charge in [-0.2, -0.15) is 0 Å². The van der Waals surface area contributed by atoms with Gasteiger partial charge in [-0.3, -0.25) is 19.9 Å². The number of amides is 3. The smallest absolute Gasteiger partial charge is 0.329 e. The second kappa shape index (κ2) is 10.0. The first-order valence-corrected chi connectivity index (χ1v) is 13.3. The number of carbonyl (C=O) groups is 2. The first kappa shape index (κ1) is 23.7. The summed E-state index contributed by atoms with van der Waals surface area (Å²) in [6, 6.07) is 14.7. The Morgan fingerprint density at radius 3 is 2.57 bits per heavy atom. The maximum atomic E-state index is 12.3. The second-order valence-electron chi connectivity index (χ2n) is 10.4. The van der Waals surface area contributed by atoms with Gasteiger partial charge in [0.1, 0.15) is 17.4 Å². The number of imidazole rings is 1. The molecule has 1 aliphatic carbocycles. The van der Waals surface area contributed by atoms with E-state index >= 15 is 0 Å². The minimum atomic E-state index is -0.399. The molecule has 8 nitrogen and oxygen atoms in total. The number of imide groups is 1. The molecule has 2 aromatic carbocycles. The minimum Gasteiger partial charge on any atom is -0.490 e. The normalized spacial score (nSPS) is 18.7. The van der Waals surface area contributed by atoms with Crippen molar-refractivity contribution in [1.29, 1.82) is 0 Å². The van der Waals surface area contributed by atoms with Gasteiger partial charge in [0, 0.05) is 45.2 Å². The molecule has 1 saturated carbocycles. The predicted molar refractivity (Wildman–Crippen MR) is 141 cm³/mol. The lowest BCUT2D eigenvalue weighted by atomic mass is 9.98. The fourth-order valence-electron chi connectivity index (χ4n) is 5.73. The van der Waals surface area contributed by atoms with E-state index in [0.717, 1.165) is 36.8 Å². The van der Waals surface area contributed by atoms with E-state index in [0.29, 0.717) is 18.5 Å². The Morgan fingerprint density at radius 2 is 1.78 bits per heavy atom. The summed E-state index contributed by atoms with van der Waals surface area (Å²) in [4.78, 5) is 32.4. The molecule has 3 aromatic rings. The average molecular weight is 500 g/mol. The zero-order valence-electron chi connectivity index (χ0n) is 21.3. The van der Waals surface area contributed by atoms with Crippen LogP contribution in [0.3, 0.4) is 0 Å². The highest BCUT2D eigenvalue weighted by molar-refractivity contribution is 6.05. The number of nitrogens with one attached hydrogen (secondary N) is 1. The van der Waals surface area contributed by atoms with Crippen LogP contribution in [-0.4, -0.2) is 39.0 Å². The van der Waals surface area contributed by atoms with Crippen LogP contribution < -0.4 is 15.0 Å². The van der Waals surface area contributed by atoms with Gasteiger partial charge >= 0.3 is 6.03 Å². The molecular weight excluding hydrogens is 466 g/mol. The number of urea groups is 1. The molecule has 3 heterocycles. The lowest BCUT2D eigenvalue weighted by molar-refractivity contribution is -0.120. The number of carbonyl (C=O) groups excluding carboxylic acids is 2. The van der Waals surface area contributed by atoms with Gasteiger partial charge in [-0.1, -0.05) is 30.7 Å². The molecule has 3 aliphatic rings. The Balaban J connectivity index is 1.11. The molecule has 37 heavy (non-hydrogen) atoms. The summed E-state index contributed by atoms with van der Waals surface area (Å²) in [5.41, 5.74) is 4.95. The lowest BCUT2D eigenvalue weighted by Crippen LogP contribution is -2.50. The van der Waals surface area contributed by atoms with E-state index in [1.807, 2.05) is 11.6 Å². The third kappa shape index (κ3) is 4.98. The maximum Gasteiger partial charge on any atom is 0.329 e. The van der Waals surface area contributed by atoms with Crippen LogP contribution in [0, 0.1) is 0 Å². The van der Waals surface area contributed by atoms with Crippen LogP contribution in [0.1, 0.15) is 55.2 Å². The molecule has 0 spiro atoms. The third-order valence-corrected chi connectivity index (χ3v) is 7.73. The van der Waals surface area contributed by atoms with Crippen molar-refractivity contribution in [3.8, 4) is 17.1 Å². The molecule has 0 bridgehead atoms. The van der Waals surface area contributed by atoms with E-state index in [-0.39, 0.29) is 12.3 Å². The molecule has 0 unspecified atom stereocenters. The summed E-state index contributed by atoms with van der Waals surface area (Å²) in [5.74, 6) is 2.22. The number of rotatable bonds is 6. The molecule has 1 N–H and O–H groups in total. The van der Waals surface area contributed by atoms with Gasteiger partial charge in [0.05, 0.1) is 12.3 Å². The number of hydrogen-bond acceptors (Lipinski definition) is 5. The summed E-state index contributed by atoms with van der Waals surface area (Å²) >= 11 is 0. The number of ether oxygens (including phenoxy) is 1. The first-order chi connectivity index (χ1) is 18.0. The number of hydrogen-bond donors (Lipinski definition) is 1. The molecule has 6 rings (SSSR count). The van der Waals surface area contributed by atoms with Crippen molar-refractivity contribution in [3.05, 3.63) is 65.4 Å². The van der Waals surface area contributed by atoms with Gasteiger partial charge in [0.25, 0.3) is 0 Å². The summed E-state index contributed by atoms with van der Waals surface area (Å²) < 4.78 is 8.10. The number of benzene rings is 2. The van der Waals surface area contributed by atoms with E-state index in [2.05, 4.69) is 57.7 Å². The summed E-state index contributed by atoms with van der Waals surface area (Å²) in [7, 11) is 1.91. The van der Waals surface area contributed by atoms with Crippen LogP contribution >= 0.6 is 0 Å². The van der Waals surface area contributed by atoms with Crippen molar-refractivity contribution < 1.29 is 14.3 Å². The molecular formula is C29H33N5O3. The van der Waals surface area contributed by atoms with Gasteiger partial charge < -0.3 is 9.30 Å². The number of aromatic nitrogens is 2. The highest BCUT2D eigenvalue weighted by Gasteiger charge is 2.27. The topological polar surface area (TPSA) is 79.7 Å². The van der Waals surface area contributed by atoms with Gasteiger partial charge in [-0.15, -0.1) is 0 Å². The third-order valence-electron chi connectivity index (χ3n) is 7.73. The number of fused-ring (bicyclic) bond motifs is 1. The quantitative estimate of drug-likeness (QED) is 0.529. The molecule has 8 heteroatoms. The van der Waals surface area contributed by atoms with E-state index < -0.39 is 6.03 Å². The SMILES string of the molecule is Cn1c(N2CCC(=O)NC2=O)cnc1-c1ccc2c(c1)CN(Cc1ccc(OC3CCCCC3)cc1)C2. The minimum absolute atomic E-state index is 0.240. The molecule has 1 saturated heterocycles. The van der Waals surface area contributed by atoms with Crippen molar-refractivity contribution >= 4 is 17.8 Å². The number of anilines is 1. The van der Waals surface area contributed by atoms with Crippen LogP contribution in [-0.2, 0) is 31.5 Å². The zero-order chi connectivity index (χ0) is 25.4. The Morgan fingerprint density at radius 1 is 1.00 bits per heavy atom. The average Bonchev–Trinajstić information content (AvgIpc) is 3.48.